The van der Waals surface area contributed by atoms with E-state index >= 15 is 0 Å². The molecule has 0 aliphatic heterocycles. The minimum absolute atomic E-state index is 0.236. The van der Waals surface area contributed by atoms with Crippen molar-refractivity contribution in [2.45, 2.75) is 12.5 Å². The first kappa shape index (κ1) is 15.6. The molecule has 1 atom stereocenters. The van der Waals surface area contributed by atoms with E-state index in [1.165, 1.54) is 9.13 Å². The molecule has 4 heteroatoms. The van der Waals surface area contributed by atoms with Crippen molar-refractivity contribution in [3.05, 3.63) is 62.2 Å². The molecule has 0 bridgehead atoms. The highest BCUT2D eigenvalue weighted by atomic mass is 127. The molecule has 2 nitrogen and oxygen atoms in total. The zero-order valence-corrected chi connectivity index (χ0v) is 14.4. The Labute approximate surface area is 138 Å². The zero-order valence-electron chi connectivity index (χ0n) is 11.5. The van der Waals surface area contributed by atoms with E-state index in [0.29, 0.717) is 0 Å². The SMILES string of the molecule is CNC(Cc1cc(Cl)ccc1OC)c1ccc(I)cc1. The molecule has 0 saturated carbocycles. The van der Waals surface area contributed by atoms with Crippen LogP contribution in [0.25, 0.3) is 0 Å². The van der Waals surface area contributed by atoms with Crippen molar-refractivity contribution in [1.82, 2.24) is 5.32 Å². The third-order valence-corrected chi connectivity index (χ3v) is 4.24. The van der Waals surface area contributed by atoms with Crippen LogP contribution in [-0.2, 0) is 6.42 Å². The highest BCUT2D eigenvalue weighted by Gasteiger charge is 2.13. The van der Waals surface area contributed by atoms with Gasteiger partial charge in [-0.15, -0.1) is 0 Å². The van der Waals surface area contributed by atoms with E-state index in [1.807, 2.05) is 25.2 Å². The lowest BCUT2D eigenvalue weighted by atomic mass is 9.98. The second-order valence-corrected chi connectivity index (χ2v) is 6.24. The predicted molar refractivity (Wildman–Crippen MR) is 92.7 cm³/mol. The number of benzene rings is 2. The van der Waals surface area contributed by atoms with Gasteiger partial charge in [0.2, 0.25) is 0 Å². The molecule has 1 N–H and O–H groups in total. The van der Waals surface area contributed by atoms with Gasteiger partial charge < -0.3 is 10.1 Å². The molecule has 2 aromatic rings. The van der Waals surface area contributed by atoms with Crippen LogP contribution in [0.1, 0.15) is 17.2 Å². The Morgan fingerprint density at radius 2 is 1.90 bits per heavy atom. The first-order valence-corrected chi connectivity index (χ1v) is 7.85. The molecule has 2 aromatic carbocycles. The maximum Gasteiger partial charge on any atom is 0.122 e. The van der Waals surface area contributed by atoms with Crippen LogP contribution >= 0.6 is 34.2 Å². The average Bonchev–Trinajstić information content (AvgIpc) is 2.46. The molecular weight excluding hydrogens is 385 g/mol. The molecule has 0 fully saturated rings. The van der Waals surface area contributed by atoms with Gasteiger partial charge in [0.25, 0.3) is 0 Å². The van der Waals surface area contributed by atoms with Gasteiger partial charge >= 0.3 is 0 Å². The number of hydrogen-bond donors (Lipinski definition) is 1. The van der Waals surface area contributed by atoms with Crippen LogP contribution in [0.15, 0.2) is 42.5 Å². The fourth-order valence-corrected chi connectivity index (χ4v) is 2.76. The fraction of sp³-hybridized carbons (Fsp3) is 0.250. The Bertz CT molecular complexity index is 571. The van der Waals surface area contributed by atoms with Gasteiger partial charge in [-0.05, 0) is 77.5 Å². The van der Waals surface area contributed by atoms with Gasteiger partial charge in [-0.25, -0.2) is 0 Å². The first-order valence-electron chi connectivity index (χ1n) is 6.39. The van der Waals surface area contributed by atoms with Gasteiger partial charge in [0.05, 0.1) is 7.11 Å². The van der Waals surface area contributed by atoms with E-state index < -0.39 is 0 Å². The molecule has 1 unspecified atom stereocenters. The number of halogens is 2. The number of hydrogen-bond acceptors (Lipinski definition) is 2. The highest BCUT2D eigenvalue weighted by Crippen LogP contribution is 2.28. The largest absolute Gasteiger partial charge is 0.496 e. The Kier molecular flexibility index (Phi) is 5.69. The van der Waals surface area contributed by atoms with Crippen molar-refractivity contribution < 1.29 is 4.74 Å². The molecule has 20 heavy (non-hydrogen) atoms. The minimum atomic E-state index is 0.236. The molecule has 0 heterocycles. The zero-order chi connectivity index (χ0) is 14.5. The summed E-state index contributed by atoms with van der Waals surface area (Å²) >= 11 is 8.40. The van der Waals surface area contributed by atoms with Crippen LogP contribution in [0.5, 0.6) is 5.75 Å². The van der Waals surface area contributed by atoms with Crippen LogP contribution in [0, 0.1) is 3.57 Å². The van der Waals surface area contributed by atoms with Crippen LogP contribution < -0.4 is 10.1 Å². The van der Waals surface area contributed by atoms with Gasteiger partial charge in [0.1, 0.15) is 5.75 Å². The van der Waals surface area contributed by atoms with Crippen molar-refractivity contribution in [2.24, 2.45) is 0 Å². The molecule has 0 spiro atoms. The summed E-state index contributed by atoms with van der Waals surface area (Å²) in [6.07, 6.45) is 0.834. The third-order valence-electron chi connectivity index (χ3n) is 3.29. The van der Waals surface area contributed by atoms with E-state index in [2.05, 4.69) is 52.2 Å². The lowest BCUT2D eigenvalue weighted by Crippen LogP contribution is -2.19. The van der Waals surface area contributed by atoms with E-state index in [0.717, 1.165) is 22.8 Å². The topological polar surface area (TPSA) is 21.3 Å². The van der Waals surface area contributed by atoms with Crippen molar-refractivity contribution >= 4 is 34.2 Å². The van der Waals surface area contributed by atoms with E-state index in [-0.39, 0.29) is 6.04 Å². The summed E-state index contributed by atoms with van der Waals surface area (Å²) in [6, 6.07) is 14.5. The second kappa shape index (κ2) is 7.29. The van der Waals surface area contributed by atoms with Crippen LogP contribution in [-0.4, -0.2) is 14.2 Å². The first-order chi connectivity index (χ1) is 9.63. The molecular formula is C16H17ClINO. The van der Waals surface area contributed by atoms with Gasteiger partial charge in [-0.3, -0.25) is 0 Å². The normalized spacial score (nSPS) is 12.2. The predicted octanol–water partition coefficient (Wildman–Crippen LogP) is 4.46. The van der Waals surface area contributed by atoms with E-state index in [9.17, 15) is 0 Å². The summed E-state index contributed by atoms with van der Waals surface area (Å²) in [7, 11) is 3.66. The minimum Gasteiger partial charge on any atom is -0.496 e. The van der Waals surface area contributed by atoms with Crippen LogP contribution in [0.2, 0.25) is 5.02 Å². The molecule has 0 aliphatic rings. The summed E-state index contributed by atoms with van der Waals surface area (Å²) < 4.78 is 6.65. The van der Waals surface area contributed by atoms with Crippen LogP contribution in [0.4, 0.5) is 0 Å². The third kappa shape index (κ3) is 3.87. The van der Waals surface area contributed by atoms with E-state index in [4.69, 9.17) is 16.3 Å². The summed E-state index contributed by atoms with van der Waals surface area (Å²) in [5, 5.41) is 4.09. The second-order valence-electron chi connectivity index (χ2n) is 4.55. The van der Waals surface area contributed by atoms with Crippen LogP contribution in [0.3, 0.4) is 0 Å². The van der Waals surface area contributed by atoms with Gasteiger partial charge in [-0.1, -0.05) is 23.7 Å². The maximum absolute atomic E-state index is 6.09. The van der Waals surface area contributed by atoms with Crippen molar-refractivity contribution in [3.63, 3.8) is 0 Å². The number of ether oxygens (including phenoxy) is 1. The molecule has 0 radical (unpaired) electrons. The summed E-state index contributed by atoms with van der Waals surface area (Å²) in [4.78, 5) is 0. The van der Waals surface area contributed by atoms with Crippen molar-refractivity contribution in [3.8, 4) is 5.75 Å². The summed E-state index contributed by atoms with van der Waals surface area (Å²) in [5.41, 5.74) is 2.37. The molecule has 106 valence electrons. The molecule has 0 saturated heterocycles. The number of rotatable bonds is 5. The lowest BCUT2D eigenvalue weighted by Gasteiger charge is -2.18. The summed E-state index contributed by atoms with van der Waals surface area (Å²) in [5.74, 6) is 0.875. The maximum atomic E-state index is 6.09. The quantitative estimate of drug-likeness (QED) is 0.747. The standard InChI is InChI=1S/C16H17ClINO/c1-19-15(11-3-6-14(18)7-4-11)10-12-9-13(17)5-8-16(12)20-2/h3-9,15,19H,10H2,1-2H3. The Balaban J connectivity index is 2.26. The number of methoxy groups -OCH3 is 1. The van der Waals surface area contributed by atoms with E-state index in [1.54, 1.807) is 7.11 Å². The average molecular weight is 402 g/mol. The smallest absolute Gasteiger partial charge is 0.122 e. The monoisotopic (exact) mass is 401 g/mol. The highest BCUT2D eigenvalue weighted by molar-refractivity contribution is 14.1. The number of likely N-dealkylation sites (N-methyl/N-ethyl adjacent to an activating group) is 1. The lowest BCUT2D eigenvalue weighted by molar-refractivity contribution is 0.406. The molecule has 0 aliphatic carbocycles. The van der Waals surface area contributed by atoms with Gasteiger partial charge in [0, 0.05) is 14.6 Å². The summed E-state index contributed by atoms with van der Waals surface area (Å²) in [6.45, 7) is 0. The Hall–Kier alpha value is -0.780. The van der Waals surface area contributed by atoms with Crippen molar-refractivity contribution in [1.29, 1.82) is 0 Å². The molecule has 0 aromatic heterocycles. The van der Waals surface area contributed by atoms with Gasteiger partial charge in [-0.2, -0.15) is 0 Å². The Morgan fingerprint density at radius 1 is 1.20 bits per heavy atom. The molecule has 2 rings (SSSR count). The van der Waals surface area contributed by atoms with Crippen molar-refractivity contribution in [2.75, 3.05) is 14.2 Å². The fourth-order valence-electron chi connectivity index (χ4n) is 2.21. The number of nitrogens with one attached hydrogen (secondary N) is 1. The molecule has 0 amide bonds. The van der Waals surface area contributed by atoms with Gasteiger partial charge in [0.15, 0.2) is 0 Å². The Morgan fingerprint density at radius 3 is 2.50 bits per heavy atom.